The summed E-state index contributed by atoms with van der Waals surface area (Å²) in [5.74, 6) is 0.221. The van der Waals surface area contributed by atoms with Crippen LogP contribution in [-0.2, 0) is 19.1 Å². The first-order valence-electron chi connectivity index (χ1n) is 7.37. The van der Waals surface area contributed by atoms with Crippen LogP contribution >= 0.6 is 0 Å². The second-order valence-corrected chi connectivity index (χ2v) is 7.31. The Labute approximate surface area is 119 Å². The molecular weight excluding hydrogens is 256 g/mol. The van der Waals surface area contributed by atoms with E-state index >= 15 is 0 Å². The highest BCUT2D eigenvalue weighted by atomic mass is 16.6. The van der Waals surface area contributed by atoms with E-state index in [0.717, 1.165) is 25.5 Å². The number of hydrogen-bond acceptors (Lipinski definition) is 4. The summed E-state index contributed by atoms with van der Waals surface area (Å²) in [6, 6.07) is 0. The maximum absolute atomic E-state index is 12.8. The van der Waals surface area contributed by atoms with Gasteiger partial charge in [-0.1, -0.05) is 0 Å². The van der Waals surface area contributed by atoms with Crippen molar-refractivity contribution in [3.8, 4) is 0 Å². The molecule has 2 bridgehead atoms. The molecule has 5 atom stereocenters. The molecule has 0 aromatic rings. The summed E-state index contributed by atoms with van der Waals surface area (Å²) >= 11 is 0. The molecule has 4 heteroatoms. The lowest BCUT2D eigenvalue weighted by Gasteiger charge is -2.42. The minimum absolute atomic E-state index is 0.198. The van der Waals surface area contributed by atoms with E-state index < -0.39 is 11.0 Å². The van der Waals surface area contributed by atoms with Gasteiger partial charge in [-0.25, -0.2) is 0 Å². The highest BCUT2D eigenvalue weighted by Crippen LogP contribution is 2.63. The Kier molecular flexibility index (Phi) is 2.96. The Morgan fingerprint density at radius 1 is 1.45 bits per heavy atom. The van der Waals surface area contributed by atoms with Gasteiger partial charge in [0, 0.05) is 11.8 Å². The predicted molar refractivity (Wildman–Crippen MR) is 72.7 cm³/mol. The lowest BCUT2D eigenvalue weighted by atomic mass is 9.69. The zero-order valence-corrected chi connectivity index (χ0v) is 12.3. The molecule has 3 rings (SSSR count). The Morgan fingerprint density at radius 2 is 2.20 bits per heavy atom. The first-order valence-corrected chi connectivity index (χ1v) is 7.37. The molecule has 0 aromatic carbocycles. The SMILES string of the molecule is CC(C)(C)OC(=O)C12CC(CC1C=O)C1CC=COC12. The zero-order chi connectivity index (χ0) is 14.5. The van der Waals surface area contributed by atoms with E-state index in [4.69, 9.17) is 9.47 Å². The molecule has 0 saturated heterocycles. The number of allylic oxidation sites excluding steroid dienone is 1. The van der Waals surface area contributed by atoms with Crippen LogP contribution in [0, 0.1) is 23.2 Å². The molecule has 1 heterocycles. The van der Waals surface area contributed by atoms with Crippen LogP contribution in [0.2, 0.25) is 0 Å². The number of carbonyl (C=O) groups excluding carboxylic acids is 2. The molecule has 2 saturated carbocycles. The van der Waals surface area contributed by atoms with Crippen molar-refractivity contribution < 1.29 is 19.1 Å². The van der Waals surface area contributed by atoms with Gasteiger partial charge in [0.2, 0.25) is 0 Å². The van der Waals surface area contributed by atoms with Gasteiger partial charge in [0.1, 0.15) is 23.4 Å². The minimum Gasteiger partial charge on any atom is -0.497 e. The average Bonchev–Trinajstić information content (AvgIpc) is 2.91. The number of fused-ring (bicyclic) bond motifs is 5. The summed E-state index contributed by atoms with van der Waals surface area (Å²) in [6.45, 7) is 5.58. The number of aldehydes is 1. The molecule has 20 heavy (non-hydrogen) atoms. The van der Waals surface area contributed by atoms with Crippen molar-refractivity contribution in [2.75, 3.05) is 0 Å². The van der Waals surface area contributed by atoms with Gasteiger partial charge in [-0.15, -0.1) is 0 Å². The van der Waals surface area contributed by atoms with E-state index in [9.17, 15) is 9.59 Å². The normalized spacial score (nSPS) is 42.0. The van der Waals surface area contributed by atoms with Crippen LogP contribution in [0.1, 0.15) is 40.0 Å². The number of rotatable bonds is 2. The van der Waals surface area contributed by atoms with Gasteiger partial charge in [0.15, 0.2) is 0 Å². The van der Waals surface area contributed by atoms with Crippen molar-refractivity contribution in [3.05, 3.63) is 12.3 Å². The van der Waals surface area contributed by atoms with Gasteiger partial charge in [-0.3, -0.25) is 4.79 Å². The van der Waals surface area contributed by atoms with E-state index in [1.165, 1.54) is 0 Å². The summed E-state index contributed by atoms with van der Waals surface area (Å²) < 4.78 is 11.4. The second-order valence-electron chi connectivity index (χ2n) is 7.31. The van der Waals surface area contributed by atoms with Gasteiger partial charge < -0.3 is 14.3 Å². The van der Waals surface area contributed by atoms with Crippen molar-refractivity contribution in [3.63, 3.8) is 0 Å². The van der Waals surface area contributed by atoms with Crippen molar-refractivity contribution in [2.45, 2.75) is 51.7 Å². The number of ether oxygens (including phenoxy) is 2. The van der Waals surface area contributed by atoms with E-state index in [0.29, 0.717) is 11.8 Å². The lowest BCUT2D eigenvalue weighted by Crippen LogP contribution is -2.51. The highest BCUT2D eigenvalue weighted by Gasteiger charge is 2.69. The lowest BCUT2D eigenvalue weighted by molar-refractivity contribution is -0.181. The van der Waals surface area contributed by atoms with Crippen LogP contribution in [0.25, 0.3) is 0 Å². The summed E-state index contributed by atoms with van der Waals surface area (Å²) in [5, 5.41) is 0. The molecule has 0 amide bonds. The second kappa shape index (κ2) is 4.34. The maximum atomic E-state index is 12.8. The summed E-state index contributed by atoms with van der Waals surface area (Å²) in [4.78, 5) is 24.2. The topological polar surface area (TPSA) is 52.6 Å². The van der Waals surface area contributed by atoms with Gasteiger partial charge in [-0.05, 0) is 52.0 Å². The summed E-state index contributed by atoms with van der Waals surface area (Å²) in [7, 11) is 0. The van der Waals surface area contributed by atoms with Gasteiger partial charge in [-0.2, -0.15) is 0 Å². The predicted octanol–water partition coefficient (Wildman–Crippen LogP) is 2.47. The number of hydrogen-bond donors (Lipinski definition) is 0. The Hall–Kier alpha value is -1.32. The number of carbonyl (C=O) groups is 2. The maximum Gasteiger partial charge on any atom is 0.317 e. The fourth-order valence-corrected chi connectivity index (χ4v) is 4.28. The molecule has 0 radical (unpaired) electrons. The van der Waals surface area contributed by atoms with Crippen molar-refractivity contribution in [2.24, 2.45) is 23.2 Å². The third kappa shape index (κ3) is 1.80. The van der Waals surface area contributed by atoms with Crippen LogP contribution < -0.4 is 0 Å². The van der Waals surface area contributed by atoms with E-state index in [1.807, 2.05) is 26.8 Å². The Morgan fingerprint density at radius 3 is 2.85 bits per heavy atom. The van der Waals surface area contributed by atoms with Crippen molar-refractivity contribution >= 4 is 12.3 Å². The van der Waals surface area contributed by atoms with Crippen LogP contribution in [0.15, 0.2) is 12.3 Å². The van der Waals surface area contributed by atoms with Crippen molar-refractivity contribution in [1.29, 1.82) is 0 Å². The van der Waals surface area contributed by atoms with E-state index in [1.54, 1.807) is 6.26 Å². The van der Waals surface area contributed by atoms with Crippen LogP contribution in [-0.4, -0.2) is 24.0 Å². The third-order valence-electron chi connectivity index (χ3n) is 4.99. The quantitative estimate of drug-likeness (QED) is 0.575. The minimum atomic E-state index is -0.769. The Bertz CT molecular complexity index is 462. The first kappa shape index (κ1) is 13.7. The Balaban J connectivity index is 1.95. The van der Waals surface area contributed by atoms with Crippen molar-refractivity contribution in [1.82, 2.24) is 0 Å². The third-order valence-corrected chi connectivity index (χ3v) is 4.99. The fourth-order valence-electron chi connectivity index (χ4n) is 4.28. The molecule has 3 aliphatic rings. The van der Waals surface area contributed by atoms with Crippen LogP contribution in [0.4, 0.5) is 0 Å². The molecule has 0 N–H and O–H groups in total. The molecule has 0 aromatic heterocycles. The average molecular weight is 278 g/mol. The van der Waals surface area contributed by atoms with E-state index in [2.05, 4.69) is 0 Å². The smallest absolute Gasteiger partial charge is 0.317 e. The molecular formula is C16H22O4. The monoisotopic (exact) mass is 278 g/mol. The van der Waals surface area contributed by atoms with Gasteiger partial charge >= 0.3 is 5.97 Å². The number of esters is 1. The first-order chi connectivity index (χ1) is 9.38. The molecule has 2 fully saturated rings. The molecule has 110 valence electrons. The van der Waals surface area contributed by atoms with Gasteiger partial charge in [0.25, 0.3) is 0 Å². The van der Waals surface area contributed by atoms with Crippen LogP contribution in [0.3, 0.4) is 0 Å². The van der Waals surface area contributed by atoms with E-state index in [-0.39, 0.29) is 18.0 Å². The molecule has 4 nitrogen and oxygen atoms in total. The molecule has 1 aliphatic heterocycles. The zero-order valence-electron chi connectivity index (χ0n) is 12.3. The summed E-state index contributed by atoms with van der Waals surface area (Å²) in [6.07, 6.45) is 6.88. The summed E-state index contributed by atoms with van der Waals surface area (Å²) in [5.41, 5.74) is -1.31. The molecule has 2 aliphatic carbocycles. The molecule has 5 unspecified atom stereocenters. The van der Waals surface area contributed by atoms with Crippen LogP contribution in [0.5, 0.6) is 0 Å². The molecule has 0 spiro atoms. The fraction of sp³-hybridized carbons (Fsp3) is 0.750. The largest absolute Gasteiger partial charge is 0.497 e. The van der Waals surface area contributed by atoms with Gasteiger partial charge in [0.05, 0.1) is 6.26 Å². The standard InChI is InChI=1S/C16H22O4/c1-15(2,3)20-14(18)16-8-10(7-11(16)9-17)12-5-4-6-19-13(12)16/h4,6,9-13H,5,7-8H2,1-3H3. The highest BCUT2D eigenvalue weighted by molar-refractivity contribution is 5.84.